The third kappa shape index (κ3) is 4.02. The highest BCUT2D eigenvalue weighted by Crippen LogP contribution is 2.36. The lowest BCUT2D eigenvalue weighted by atomic mass is 9.98. The number of furan rings is 1. The van der Waals surface area contributed by atoms with Crippen LogP contribution in [0.1, 0.15) is 0 Å². The molecule has 0 aliphatic heterocycles. The van der Waals surface area contributed by atoms with Crippen LogP contribution in [0, 0.1) is 0 Å². The molecule has 0 fully saturated rings. The van der Waals surface area contributed by atoms with Crippen LogP contribution in [-0.2, 0) is 0 Å². The second-order valence-electron chi connectivity index (χ2n) is 11.3. The molecule has 3 nitrogen and oxygen atoms in total. The predicted molar refractivity (Wildman–Crippen MR) is 182 cm³/mol. The van der Waals surface area contributed by atoms with Crippen LogP contribution >= 0.6 is 0 Å². The number of nitrogens with zero attached hydrogens (tertiary/aromatic N) is 2. The molecule has 9 aromatic rings. The number of imidazole rings is 1. The summed E-state index contributed by atoms with van der Waals surface area (Å²) < 4.78 is 8.46. The zero-order valence-electron chi connectivity index (χ0n) is 23.8. The molecule has 9 rings (SSSR count). The molecule has 0 bridgehead atoms. The Morgan fingerprint density at radius 2 is 1.02 bits per heavy atom. The number of para-hydroxylation sites is 2. The van der Waals surface area contributed by atoms with Crippen LogP contribution in [0.4, 0.5) is 0 Å². The Bertz CT molecular complexity index is 2470. The van der Waals surface area contributed by atoms with Gasteiger partial charge in [-0.1, -0.05) is 109 Å². The van der Waals surface area contributed by atoms with E-state index in [4.69, 9.17) is 9.40 Å². The summed E-state index contributed by atoms with van der Waals surface area (Å²) in [6, 6.07) is 55.6. The zero-order chi connectivity index (χ0) is 29.0. The van der Waals surface area contributed by atoms with E-state index in [2.05, 4.69) is 150 Å². The minimum Gasteiger partial charge on any atom is -0.456 e. The Morgan fingerprint density at radius 1 is 0.432 bits per heavy atom. The molecule has 0 spiro atoms. The fourth-order valence-corrected chi connectivity index (χ4v) is 6.37. The van der Waals surface area contributed by atoms with Gasteiger partial charge >= 0.3 is 0 Å². The average Bonchev–Trinajstić information content (AvgIpc) is 3.66. The van der Waals surface area contributed by atoms with Crippen molar-refractivity contribution in [2.24, 2.45) is 0 Å². The summed E-state index contributed by atoms with van der Waals surface area (Å²) in [5.74, 6) is 0.944. The fourth-order valence-electron chi connectivity index (χ4n) is 6.37. The maximum atomic E-state index is 6.22. The molecule has 0 saturated carbocycles. The first kappa shape index (κ1) is 24.6. The van der Waals surface area contributed by atoms with Gasteiger partial charge in [0.05, 0.1) is 11.0 Å². The van der Waals surface area contributed by atoms with Crippen LogP contribution in [0.25, 0.3) is 83.1 Å². The van der Waals surface area contributed by atoms with Crippen LogP contribution < -0.4 is 0 Å². The highest BCUT2D eigenvalue weighted by Gasteiger charge is 2.14. The van der Waals surface area contributed by atoms with Gasteiger partial charge in [-0.2, -0.15) is 0 Å². The third-order valence-electron chi connectivity index (χ3n) is 8.61. The minimum atomic E-state index is 0.914. The fraction of sp³-hybridized carbons (Fsp3) is 0. The van der Waals surface area contributed by atoms with Crippen molar-refractivity contribution in [2.75, 3.05) is 0 Å². The average molecular weight is 563 g/mol. The number of aromatic nitrogens is 2. The minimum absolute atomic E-state index is 0.914. The summed E-state index contributed by atoms with van der Waals surface area (Å²) in [6.07, 6.45) is 0. The second kappa shape index (κ2) is 9.82. The quantitative estimate of drug-likeness (QED) is 0.214. The van der Waals surface area contributed by atoms with Gasteiger partial charge in [0.15, 0.2) is 0 Å². The van der Waals surface area contributed by atoms with Crippen LogP contribution in [0.15, 0.2) is 162 Å². The lowest BCUT2D eigenvalue weighted by Crippen LogP contribution is -1.97. The van der Waals surface area contributed by atoms with Gasteiger partial charge in [0.2, 0.25) is 0 Å². The molecule has 0 saturated heterocycles. The summed E-state index contributed by atoms with van der Waals surface area (Å²) in [7, 11) is 0. The number of hydrogen-bond donors (Lipinski definition) is 0. The topological polar surface area (TPSA) is 31.0 Å². The Labute approximate surface area is 254 Å². The molecule has 0 unspecified atom stereocenters. The van der Waals surface area contributed by atoms with E-state index in [-0.39, 0.29) is 0 Å². The van der Waals surface area contributed by atoms with Crippen LogP contribution in [-0.4, -0.2) is 9.55 Å². The maximum Gasteiger partial charge on any atom is 0.145 e. The summed E-state index contributed by atoms with van der Waals surface area (Å²) >= 11 is 0. The number of benzene rings is 7. The molecule has 0 atom stereocenters. The molecule has 2 heterocycles. The van der Waals surface area contributed by atoms with Gasteiger partial charge in [0.1, 0.15) is 17.0 Å². The second-order valence-corrected chi connectivity index (χ2v) is 11.3. The zero-order valence-corrected chi connectivity index (χ0v) is 23.8. The van der Waals surface area contributed by atoms with Crippen molar-refractivity contribution in [3.8, 4) is 39.3 Å². The lowest BCUT2D eigenvalue weighted by molar-refractivity contribution is 0.669. The Kier molecular flexibility index (Phi) is 5.50. The molecule has 3 heteroatoms. The molecule has 0 radical (unpaired) electrons. The molecule has 2 aromatic heterocycles. The van der Waals surface area contributed by atoms with Gasteiger partial charge in [-0.15, -0.1) is 0 Å². The van der Waals surface area contributed by atoms with Crippen LogP contribution in [0.2, 0.25) is 0 Å². The number of fused-ring (bicyclic) bond motifs is 5. The molecule has 0 N–H and O–H groups in total. The third-order valence-corrected chi connectivity index (χ3v) is 8.61. The van der Waals surface area contributed by atoms with Crippen molar-refractivity contribution in [3.63, 3.8) is 0 Å². The first-order valence-corrected chi connectivity index (χ1v) is 14.9. The van der Waals surface area contributed by atoms with Crippen molar-refractivity contribution in [1.29, 1.82) is 0 Å². The van der Waals surface area contributed by atoms with E-state index < -0.39 is 0 Å². The number of rotatable bonds is 4. The Balaban J connectivity index is 1.05. The van der Waals surface area contributed by atoms with E-state index in [1.54, 1.807) is 0 Å². The Hall–Kier alpha value is -5.93. The van der Waals surface area contributed by atoms with Crippen LogP contribution in [0.5, 0.6) is 0 Å². The molecule has 0 aliphatic carbocycles. The van der Waals surface area contributed by atoms with Gasteiger partial charge in [-0.25, -0.2) is 4.98 Å². The Morgan fingerprint density at radius 3 is 1.80 bits per heavy atom. The van der Waals surface area contributed by atoms with E-state index in [0.29, 0.717) is 0 Å². The first-order valence-electron chi connectivity index (χ1n) is 14.9. The molecule has 206 valence electrons. The van der Waals surface area contributed by atoms with Gasteiger partial charge in [-0.3, -0.25) is 4.57 Å². The van der Waals surface area contributed by atoms with Crippen LogP contribution in [0.3, 0.4) is 0 Å². The maximum absolute atomic E-state index is 6.22. The standard InChI is InChI=1S/C41H26N2O/c1-2-8-30(9-3-1)41-42-37-12-6-7-13-38(37)43(41)34-21-18-28(19-22-34)27-14-16-29(17-15-27)33-20-23-39-35(25-33)36-24-31-10-4-5-11-32(31)26-40(36)44-39/h1-26H. The lowest BCUT2D eigenvalue weighted by Gasteiger charge is -2.11. The van der Waals surface area contributed by atoms with Crippen molar-refractivity contribution in [1.82, 2.24) is 9.55 Å². The van der Waals surface area contributed by atoms with E-state index >= 15 is 0 Å². The summed E-state index contributed by atoms with van der Waals surface area (Å²) in [5.41, 5.74) is 10.8. The van der Waals surface area contributed by atoms with Gasteiger partial charge in [0.25, 0.3) is 0 Å². The van der Waals surface area contributed by atoms with E-state index in [1.807, 2.05) is 12.1 Å². The first-order chi connectivity index (χ1) is 21.8. The van der Waals surface area contributed by atoms with E-state index in [9.17, 15) is 0 Å². The molecule has 7 aromatic carbocycles. The predicted octanol–water partition coefficient (Wildman–Crippen LogP) is 11.1. The normalized spacial score (nSPS) is 11.6. The highest BCUT2D eigenvalue weighted by atomic mass is 16.3. The van der Waals surface area contributed by atoms with E-state index in [0.717, 1.165) is 50.0 Å². The highest BCUT2D eigenvalue weighted by molar-refractivity contribution is 6.11. The van der Waals surface area contributed by atoms with Crippen molar-refractivity contribution in [3.05, 3.63) is 158 Å². The van der Waals surface area contributed by atoms with Gasteiger partial charge < -0.3 is 4.42 Å². The van der Waals surface area contributed by atoms with E-state index in [1.165, 1.54) is 33.0 Å². The smallest absolute Gasteiger partial charge is 0.145 e. The largest absolute Gasteiger partial charge is 0.456 e. The van der Waals surface area contributed by atoms with Gasteiger partial charge in [0, 0.05) is 22.0 Å². The molecular formula is C41H26N2O. The summed E-state index contributed by atoms with van der Waals surface area (Å²) in [4.78, 5) is 4.98. The summed E-state index contributed by atoms with van der Waals surface area (Å²) in [5, 5.41) is 4.71. The SMILES string of the molecule is c1ccc(-c2nc3ccccc3n2-c2ccc(-c3ccc(-c4ccc5oc6cc7ccccc7cc6c5c4)cc3)cc2)cc1. The van der Waals surface area contributed by atoms with Crippen molar-refractivity contribution >= 4 is 43.7 Å². The number of hydrogen-bond acceptors (Lipinski definition) is 2. The molecule has 0 amide bonds. The summed E-state index contributed by atoms with van der Waals surface area (Å²) in [6.45, 7) is 0. The van der Waals surface area contributed by atoms with Crippen molar-refractivity contribution in [2.45, 2.75) is 0 Å². The van der Waals surface area contributed by atoms with Crippen molar-refractivity contribution < 1.29 is 4.42 Å². The molecular weight excluding hydrogens is 536 g/mol. The van der Waals surface area contributed by atoms with Gasteiger partial charge in [-0.05, 0) is 81.6 Å². The monoisotopic (exact) mass is 562 g/mol. The molecule has 0 aliphatic rings. The molecule has 44 heavy (non-hydrogen) atoms.